The standard InChI is InChI=1S/C21H19N3O2/c25-20-11-5-4-10-18(20)19(13-12-16-7-2-1-3-8-16)23-24-21(26)17-9-6-14-22-15-17/h1-11,14-15,25H,12-13H2,(H,24,26)/b23-19+. The Morgan fingerprint density at radius 1 is 1.00 bits per heavy atom. The van der Waals surface area contributed by atoms with Gasteiger partial charge in [-0.05, 0) is 42.7 Å². The van der Waals surface area contributed by atoms with E-state index in [-0.39, 0.29) is 11.7 Å². The highest BCUT2D eigenvalue weighted by atomic mass is 16.3. The van der Waals surface area contributed by atoms with E-state index in [1.807, 2.05) is 36.4 Å². The summed E-state index contributed by atoms with van der Waals surface area (Å²) in [7, 11) is 0. The fourth-order valence-corrected chi connectivity index (χ4v) is 2.56. The first kappa shape index (κ1) is 17.4. The molecule has 0 aliphatic rings. The van der Waals surface area contributed by atoms with Crippen molar-refractivity contribution in [1.29, 1.82) is 0 Å². The van der Waals surface area contributed by atoms with Crippen LogP contribution in [0.2, 0.25) is 0 Å². The minimum Gasteiger partial charge on any atom is -0.507 e. The van der Waals surface area contributed by atoms with E-state index in [4.69, 9.17) is 0 Å². The first-order chi connectivity index (χ1) is 12.7. The van der Waals surface area contributed by atoms with E-state index in [9.17, 15) is 9.90 Å². The van der Waals surface area contributed by atoms with E-state index < -0.39 is 0 Å². The lowest BCUT2D eigenvalue weighted by molar-refractivity contribution is 0.0954. The van der Waals surface area contributed by atoms with Gasteiger partial charge in [0.1, 0.15) is 5.75 Å². The molecule has 5 nitrogen and oxygen atoms in total. The third kappa shape index (κ3) is 4.54. The van der Waals surface area contributed by atoms with Crippen molar-refractivity contribution >= 4 is 11.6 Å². The van der Waals surface area contributed by atoms with E-state index in [1.165, 1.54) is 6.20 Å². The van der Waals surface area contributed by atoms with Gasteiger partial charge in [0.15, 0.2) is 0 Å². The molecule has 0 aliphatic heterocycles. The number of phenols is 1. The molecule has 2 aromatic carbocycles. The summed E-state index contributed by atoms with van der Waals surface area (Å²) in [6.07, 6.45) is 4.41. The number of phenolic OH excluding ortho intramolecular Hbond substituents is 1. The molecule has 0 unspecified atom stereocenters. The molecule has 0 fully saturated rings. The van der Waals surface area contributed by atoms with Crippen LogP contribution < -0.4 is 5.43 Å². The van der Waals surface area contributed by atoms with Crippen LogP contribution in [0.1, 0.15) is 27.9 Å². The van der Waals surface area contributed by atoms with Gasteiger partial charge in [-0.2, -0.15) is 5.10 Å². The Morgan fingerprint density at radius 2 is 1.77 bits per heavy atom. The average molecular weight is 345 g/mol. The molecule has 2 N–H and O–H groups in total. The summed E-state index contributed by atoms with van der Waals surface area (Å²) in [4.78, 5) is 16.2. The smallest absolute Gasteiger partial charge is 0.272 e. The zero-order valence-electron chi connectivity index (χ0n) is 14.2. The molecule has 3 rings (SSSR count). The Kier molecular flexibility index (Phi) is 5.72. The van der Waals surface area contributed by atoms with Crippen molar-refractivity contribution in [3.05, 3.63) is 95.8 Å². The second kappa shape index (κ2) is 8.58. The van der Waals surface area contributed by atoms with Crippen molar-refractivity contribution in [2.75, 3.05) is 0 Å². The Bertz CT molecular complexity index is 893. The summed E-state index contributed by atoms with van der Waals surface area (Å²) in [5, 5.41) is 14.4. The van der Waals surface area contributed by atoms with Crippen molar-refractivity contribution in [2.45, 2.75) is 12.8 Å². The van der Waals surface area contributed by atoms with Gasteiger partial charge in [0, 0.05) is 18.0 Å². The fourth-order valence-electron chi connectivity index (χ4n) is 2.56. The van der Waals surface area contributed by atoms with Crippen LogP contribution in [-0.2, 0) is 6.42 Å². The molecule has 5 heteroatoms. The van der Waals surface area contributed by atoms with Crippen molar-refractivity contribution in [3.8, 4) is 5.75 Å². The van der Waals surface area contributed by atoms with Gasteiger partial charge in [-0.15, -0.1) is 0 Å². The molecular formula is C21H19N3O2. The number of aromatic nitrogens is 1. The number of hydrogen-bond acceptors (Lipinski definition) is 4. The topological polar surface area (TPSA) is 74.6 Å². The molecule has 1 amide bonds. The fraction of sp³-hybridized carbons (Fsp3) is 0.0952. The number of nitrogens with one attached hydrogen (secondary N) is 1. The van der Waals surface area contributed by atoms with Crippen LogP contribution in [0.15, 0.2) is 84.2 Å². The molecule has 0 saturated heterocycles. The molecule has 0 radical (unpaired) electrons. The quantitative estimate of drug-likeness (QED) is 0.530. The Labute approximate surface area is 152 Å². The lowest BCUT2D eigenvalue weighted by atomic mass is 10.0. The largest absolute Gasteiger partial charge is 0.507 e. The number of hydrogen-bond donors (Lipinski definition) is 2. The third-order valence-electron chi connectivity index (χ3n) is 3.92. The molecule has 1 heterocycles. The predicted molar refractivity (Wildman–Crippen MR) is 101 cm³/mol. The van der Waals surface area contributed by atoms with Gasteiger partial charge in [-0.25, -0.2) is 5.43 Å². The zero-order valence-corrected chi connectivity index (χ0v) is 14.2. The monoisotopic (exact) mass is 345 g/mol. The summed E-state index contributed by atoms with van der Waals surface area (Å²) in [6, 6.07) is 20.3. The first-order valence-electron chi connectivity index (χ1n) is 8.33. The van der Waals surface area contributed by atoms with Crippen molar-refractivity contribution < 1.29 is 9.90 Å². The minimum atomic E-state index is -0.342. The maximum absolute atomic E-state index is 12.2. The molecule has 0 spiro atoms. The van der Waals surface area contributed by atoms with Gasteiger partial charge in [0.05, 0.1) is 11.3 Å². The maximum Gasteiger partial charge on any atom is 0.272 e. The number of carbonyl (C=O) groups is 1. The van der Waals surface area contributed by atoms with E-state index in [1.54, 1.807) is 36.5 Å². The highest BCUT2D eigenvalue weighted by molar-refractivity contribution is 6.04. The molecule has 0 aliphatic carbocycles. The zero-order chi connectivity index (χ0) is 18.2. The summed E-state index contributed by atoms with van der Waals surface area (Å²) < 4.78 is 0. The Balaban J connectivity index is 1.80. The average Bonchev–Trinajstić information content (AvgIpc) is 2.70. The minimum absolute atomic E-state index is 0.134. The maximum atomic E-state index is 12.2. The van der Waals surface area contributed by atoms with Gasteiger partial charge in [-0.1, -0.05) is 42.5 Å². The lowest BCUT2D eigenvalue weighted by Gasteiger charge is -2.09. The molecule has 26 heavy (non-hydrogen) atoms. The van der Waals surface area contributed by atoms with Crippen LogP contribution in [0, 0.1) is 0 Å². The van der Waals surface area contributed by atoms with Gasteiger partial charge < -0.3 is 5.11 Å². The number of rotatable bonds is 6. The molecule has 1 aromatic heterocycles. The Hall–Kier alpha value is -3.47. The van der Waals surface area contributed by atoms with E-state index >= 15 is 0 Å². The van der Waals surface area contributed by atoms with E-state index in [2.05, 4.69) is 15.5 Å². The lowest BCUT2D eigenvalue weighted by Crippen LogP contribution is -2.20. The number of nitrogens with zero attached hydrogens (tertiary/aromatic N) is 2. The van der Waals surface area contributed by atoms with Gasteiger partial charge in [0.25, 0.3) is 5.91 Å². The summed E-state index contributed by atoms with van der Waals surface area (Å²) >= 11 is 0. The van der Waals surface area contributed by atoms with Crippen LogP contribution >= 0.6 is 0 Å². The molecule has 0 saturated carbocycles. The number of amides is 1. The van der Waals surface area contributed by atoms with Gasteiger partial charge in [0.2, 0.25) is 0 Å². The van der Waals surface area contributed by atoms with Crippen molar-refractivity contribution in [3.63, 3.8) is 0 Å². The molecule has 3 aromatic rings. The Morgan fingerprint density at radius 3 is 2.50 bits per heavy atom. The normalized spacial score (nSPS) is 11.2. The number of para-hydroxylation sites is 1. The van der Waals surface area contributed by atoms with Gasteiger partial charge in [-0.3, -0.25) is 9.78 Å². The predicted octanol–water partition coefficient (Wildman–Crippen LogP) is 3.55. The molecule has 130 valence electrons. The first-order valence-corrected chi connectivity index (χ1v) is 8.33. The van der Waals surface area contributed by atoms with Crippen LogP contribution in [0.25, 0.3) is 0 Å². The van der Waals surface area contributed by atoms with E-state index in [0.29, 0.717) is 23.3 Å². The number of carbonyl (C=O) groups excluding carboxylic acids is 1. The van der Waals surface area contributed by atoms with Crippen LogP contribution in [0.5, 0.6) is 5.75 Å². The highest BCUT2D eigenvalue weighted by Crippen LogP contribution is 2.19. The van der Waals surface area contributed by atoms with Crippen LogP contribution in [0.3, 0.4) is 0 Å². The van der Waals surface area contributed by atoms with Crippen molar-refractivity contribution in [1.82, 2.24) is 10.4 Å². The number of pyridine rings is 1. The van der Waals surface area contributed by atoms with Crippen LogP contribution in [-0.4, -0.2) is 21.7 Å². The molecule has 0 atom stereocenters. The highest BCUT2D eigenvalue weighted by Gasteiger charge is 2.11. The summed E-state index contributed by atoms with van der Waals surface area (Å²) in [6.45, 7) is 0. The van der Waals surface area contributed by atoms with E-state index in [0.717, 1.165) is 12.0 Å². The number of aromatic hydroxyl groups is 1. The van der Waals surface area contributed by atoms with Gasteiger partial charge >= 0.3 is 0 Å². The third-order valence-corrected chi connectivity index (χ3v) is 3.92. The SMILES string of the molecule is O=C(N/N=C(\CCc1ccccc1)c1ccccc1O)c1cccnc1. The number of aryl methyl sites for hydroxylation is 1. The van der Waals surface area contributed by atoms with Crippen molar-refractivity contribution in [2.24, 2.45) is 5.10 Å². The number of benzene rings is 2. The summed E-state index contributed by atoms with van der Waals surface area (Å²) in [5.41, 5.74) is 5.37. The van der Waals surface area contributed by atoms with Crippen LogP contribution in [0.4, 0.5) is 0 Å². The second-order valence-electron chi connectivity index (χ2n) is 5.74. The molecular weight excluding hydrogens is 326 g/mol. The number of hydrazone groups is 1. The second-order valence-corrected chi connectivity index (χ2v) is 5.74. The molecule has 0 bridgehead atoms. The summed E-state index contributed by atoms with van der Waals surface area (Å²) in [5.74, 6) is -0.208.